The lowest BCUT2D eigenvalue weighted by atomic mass is 9.97. The van der Waals surface area contributed by atoms with Crippen LogP contribution in [0.4, 0.5) is 0 Å². The molecule has 0 amide bonds. The number of halogens is 1. The van der Waals surface area contributed by atoms with Crippen molar-refractivity contribution in [2.24, 2.45) is 16.8 Å². The van der Waals surface area contributed by atoms with Crippen LogP contribution >= 0.6 is 35.3 Å². The highest BCUT2D eigenvalue weighted by Crippen LogP contribution is 2.19. The predicted molar refractivity (Wildman–Crippen MR) is 115 cm³/mol. The van der Waals surface area contributed by atoms with E-state index in [0.29, 0.717) is 5.92 Å². The molecule has 0 aliphatic carbocycles. The summed E-state index contributed by atoms with van der Waals surface area (Å²) in [5.74, 6) is 1.44. The first kappa shape index (κ1) is 22.2. The minimum absolute atomic E-state index is 0. The van der Waals surface area contributed by atoms with Gasteiger partial charge in [-0.3, -0.25) is 9.79 Å². The van der Waals surface area contributed by atoms with Crippen LogP contribution in [0.15, 0.2) is 22.5 Å². The number of guanidine groups is 1. The molecule has 1 fully saturated rings. The highest BCUT2D eigenvalue weighted by atomic mass is 127. The summed E-state index contributed by atoms with van der Waals surface area (Å²) in [6.07, 6.45) is 2.74. The Morgan fingerprint density at radius 3 is 2.76 bits per heavy atom. The van der Waals surface area contributed by atoms with Gasteiger partial charge < -0.3 is 15.0 Å². The highest BCUT2D eigenvalue weighted by molar-refractivity contribution is 14.0. The van der Waals surface area contributed by atoms with Crippen LogP contribution < -0.4 is 5.32 Å². The van der Waals surface area contributed by atoms with Crippen LogP contribution in [0.5, 0.6) is 0 Å². The number of piperidine rings is 1. The van der Waals surface area contributed by atoms with E-state index in [1.54, 1.807) is 0 Å². The van der Waals surface area contributed by atoms with Gasteiger partial charge in [0.05, 0.1) is 13.0 Å². The van der Waals surface area contributed by atoms with E-state index in [9.17, 15) is 4.79 Å². The molecule has 1 atom stereocenters. The Kier molecular flexibility index (Phi) is 10.4. The summed E-state index contributed by atoms with van der Waals surface area (Å²) in [4.78, 5) is 20.2. The van der Waals surface area contributed by atoms with Gasteiger partial charge in [0, 0.05) is 31.1 Å². The molecule has 1 aromatic heterocycles. The molecule has 1 aliphatic heterocycles. The number of rotatable bonds is 6. The minimum Gasteiger partial charge on any atom is -0.469 e. The molecule has 2 rings (SSSR count). The molecule has 0 radical (unpaired) electrons. The molecular formula is C18H30IN3O2S. The van der Waals surface area contributed by atoms with Gasteiger partial charge in [-0.2, -0.15) is 0 Å². The van der Waals surface area contributed by atoms with E-state index in [2.05, 4.69) is 41.6 Å². The van der Waals surface area contributed by atoms with Crippen LogP contribution in [0.3, 0.4) is 0 Å². The third-order valence-electron chi connectivity index (χ3n) is 4.35. The molecule has 142 valence electrons. The van der Waals surface area contributed by atoms with Crippen molar-refractivity contribution in [3.05, 3.63) is 22.4 Å². The second-order valence-corrected chi connectivity index (χ2v) is 7.40. The normalized spacial score (nSPS) is 16.9. The third kappa shape index (κ3) is 7.13. The predicted octanol–water partition coefficient (Wildman–Crippen LogP) is 3.40. The van der Waals surface area contributed by atoms with Crippen molar-refractivity contribution >= 4 is 47.2 Å². The number of likely N-dealkylation sites (tertiary alicyclic amines) is 1. The van der Waals surface area contributed by atoms with E-state index in [4.69, 9.17) is 9.73 Å². The average Bonchev–Trinajstić information content (AvgIpc) is 3.11. The summed E-state index contributed by atoms with van der Waals surface area (Å²) in [6, 6.07) is 4.29. The van der Waals surface area contributed by atoms with Crippen LogP contribution in [0.2, 0.25) is 0 Å². The first-order valence-electron chi connectivity index (χ1n) is 8.77. The number of hydrogen-bond acceptors (Lipinski definition) is 4. The van der Waals surface area contributed by atoms with Crippen LogP contribution in [0.1, 0.15) is 31.6 Å². The zero-order chi connectivity index (χ0) is 17.4. The molecule has 7 heteroatoms. The zero-order valence-corrected chi connectivity index (χ0v) is 18.5. The summed E-state index contributed by atoms with van der Waals surface area (Å²) in [5, 5.41) is 5.51. The molecule has 1 unspecified atom stereocenters. The number of hydrogen-bond donors (Lipinski definition) is 1. The first-order valence-corrected chi connectivity index (χ1v) is 9.65. The van der Waals surface area contributed by atoms with E-state index in [1.807, 2.05) is 11.3 Å². The Hall–Kier alpha value is -0.830. The number of thiophene rings is 1. The van der Waals surface area contributed by atoms with Gasteiger partial charge in [0.2, 0.25) is 0 Å². The average molecular weight is 479 g/mol. The zero-order valence-electron chi connectivity index (χ0n) is 15.4. The van der Waals surface area contributed by atoms with Gasteiger partial charge in [-0.15, -0.1) is 35.3 Å². The van der Waals surface area contributed by atoms with Crippen molar-refractivity contribution in [3.8, 4) is 0 Å². The van der Waals surface area contributed by atoms with Crippen molar-refractivity contribution in [2.75, 3.05) is 33.3 Å². The maximum absolute atomic E-state index is 11.6. The largest absolute Gasteiger partial charge is 0.469 e. The van der Waals surface area contributed by atoms with Gasteiger partial charge >= 0.3 is 5.97 Å². The lowest BCUT2D eigenvalue weighted by Gasteiger charge is -2.33. The Balaban J connectivity index is 0.00000312. The fraction of sp³-hybridized carbons (Fsp3) is 0.667. The van der Waals surface area contributed by atoms with Crippen LogP contribution in [-0.2, 0) is 16.0 Å². The Bertz CT molecular complexity index is 528. The third-order valence-corrected chi connectivity index (χ3v) is 5.25. The fourth-order valence-corrected chi connectivity index (χ4v) is 3.87. The van der Waals surface area contributed by atoms with Gasteiger partial charge in [0.25, 0.3) is 0 Å². The quantitative estimate of drug-likeness (QED) is 0.294. The van der Waals surface area contributed by atoms with Crippen LogP contribution in [0.25, 0.3) is 0 Å². The van der Waals surface area contributed by atoms with Crippen molar-refractivity contribution < 1.29 is 9.53 Å². The maximum Gasteiger partial charge on any atom is 0.308 e. The Morgan fingerprint density at radius 2 is 2.20 bits per heavy atom. The maximum atomic E-state index is 11.6. The number of ether oxygens (including phenoxy) is 1. The minimum atomic E-state index is -0.0823. The van der Waals surface area contributed by atoms with E-state index in [1.165, 1.54) is 12.0 Å². The molecule has 0 saturated carbocycles. The fourth-order valence-electron chi connectivity index (χ4n) is 3.00. The smallest absolute Gasteiger partial charge is 0.308 e. The molecule has 1 saturated heterocycles. The lowest BCUT2D eigenvalue weighted by molar-refractivity contribution is -0.146. The standard InChI is InChI=1S/C18H29N3O2S.HI/c1-4-19-18(20-13-14(2)12-16-6-5-11-24-16)21-9-7-15(8-10-21)17(22)23-3;/h5-6,11,14-15H,4,7-10,12-13H2,1-3H3,(H,19,20);1H. The highest BCUT2D eigenvalue weighted by Gasteiger charge is 2.27. The van der Waals surface area contributed by atoms with Crippen molar-refractivity contribution in [3.63, 3.8) is 0 Å². The number of carbonyl (C=O) groups is 1. The molecule has 0 spiro atoms. The molecule has 0 aromatic carbocycles. The van der Waals surface area contributed by atoms with E-state index < -0.39 is 0 Å². The topological polar surface area (TPSA) is 53.9 Å². The first-order chi connectivity index (χ1) is 11.6. The van der Waals surface area contributed by atoms with Crippen molar-refractivity contribution in [1.29, 1.82) is 0 Å². The number of carbonyl (C=O) groups excluding carboxylic acids is 1. The molecule has 5 nitrogen and oxygen atoms in total. The molecule has 1 aromatic rings. The van der Waals surface area contributed by atoms with Gasteiger partial charge in [-0.1, -0.05) is 13.0 Å². The van der Waals surface area contributed by atoms with E-state index in [-0.39, 0.29) is 35.9 Å². The van der Waals surface area contributed by atoms with Gasteiger partial charge in [0.1, 0.15) is 0 Å². The molecular weight excluding hydrogens is 449 g/mol. The second-order valence-electron chi connectivity index (χ2n) is 6.37. The van der Waals surface area contributed by atoms with Gasteiger partial charge in [0.15, 0.2) is 5.96 Å². The van der Waals surface area contributed by atoms with Gasteiger partial charge in [-0.05, 0) is 43.6 Å². The van der Waals surface area contributed by atoms with Crippen molar-refractivity contribution in [1.82, 2.24) is 10.2 Å². The molecule has 1 aliphatic rings. The van der Waals surface area contributed by atoms with Gasteiger partial charge in [-0.25, -0.2) is 0 Å². The number of aliphatic imine (C=N–C) groups is 1. The lowest BCUT2D eigenvalue weighted by Crippen LogP contribution is -2.46. The Labute approximate surface area is 172 Å². The Morgan fingerprint density at radius 1 is 1.48 bits per heavy atom. The monoisotopic (exact) mass is 479 g/mol. The number of nitrogens with one attached hydrogen (secondary N) is 1. The number of nitrogens with zero attached hydrogens (tertiary/aromatic N) is 2. The summed E-state index contributed by atoms with van der Waals surface area (Å²) < 4.78 is 4.86. The summed E-state index contributed by atoms with van der Waals surface area (Å²) in [5.41, 5.74) is 0. The van der Waals surface area contributed by atoms with Crippen LogP contribution in [0, 0.1) is 11.8 Å². The SMILES string of the molecule is CCNC(=NCC(C)Cc1cccs1)N1CCC(C(=O)OC)CC1.I. The molecule has 1 N–H and O–H groups in total. The van der Waals surface area contributed by atoms with E-state index in [0.717, 1.165) is 51.4 Å². The summed E-state index contributed by atoms with van der Waals surface area (Å²) in [7, 11) is 1.47. The number of methoxy groups -OCH3 is 1. The molecule has 25 heavy (non-hydrogen) atoms. The summed E-state index contributed by atoms with van der Waals surface area (Å²) >= 11 is 1.81. The molecule has 0 bridgehead atoms. The van der Waals surface area contributed by atoms with E-state index >= 15 is 0 Å². The second kappa shape index (κ2) is 11.7. The molecule has 2 heterocycles. The summed E-state index contributed by atoms with van der Waals surface area (Å²) in [6.45, 7) is 7.71. The number of esters is 1. The van der Waals surface area contributed by atoms with Crippen molar-refractivity contribution in [2.45, 2.75) is 33.1 Å². The van der Waals surface area contributed by atoms with Crippen LogP contribution in [-0.4, -0.2) is 50.1 Å².